The Hall–Kier alpha value is -1.53. The summed E-state index contributed by atoms with van der Waals surface area (Å²) in [5.74, 6) is -1.27. The van der Waals surface area contributed by atoms with Gasteiger partial charge in [-0.25, -0.2) is 13.8 Å². The Bertz CT molecular complexity index is 618. The summed E-state index contributed by atoms with van der Waals surface area (Å²) in [5.41, 5.74) is 0.279. The van der Waals surface area contributed by atoms with E-state index < -0.39 is 11.6 Å². The highest BCUT2D eigenvalue weighted by Crippen LogP contribution is 2.36. The van der Waals surface area contributed by atoms with Gasteiger partial charge >= 0.3 is 0 Å². The number of likely N-dealkylation sites (tertiary alicyclic amines) is 1. The third-order valence-corrected chi connectivity index (χ3v) is 4.71. The van der Waals surface area contributed by atoms with Crippen molar-refractivity contribution in [1.82, 2.24) is 9.88 Å². The van der Waals surface area contributed by atoms with E-state index in [2.05, 4.69) is 9.88 Å². The molecule has 0 N–H and O–H groups in total. The molecule has 0 saturated carbocycles. The summed E-state index contributed by atoms with van der Waals surface area (Å²) in [6.07, 6.45) is 3.80. The lowest BCUT2D eigenvalue weighted by Gasteiger charge is -2.24. The highest BCUT2D eigenvalue weighted by Gasteiger charge is 2.29. The Morgan fingerprint density at radius 3 is 3.00 bits per heavy atom. The maximum Gasteiger partial charge on any atom is 0.167 e. The molecule has 0 bridgehead atoms. The number of methoxy groups -OCH3 is 1. The average molecular weight is 310 g/mol. The van der Waals surface area contributed by atoms with Crippen molar-refractivity contribution in [3.63, 3.8) is 0 Å². The Morgan fingerprint density at radius 2 is 2.29 bits per heavy atom. The molecule has 112 valence electrons. The van der Waals surface area contributed by atoms with Gasteiger partial charge in [-0.1, -0.05) is 0 Å². The summed E-state index contributed by atoms with van der Waals surface area (Å²) < 4.78 is 32.7. The SMILES string of the molecule is COc1ccc(F)c(F)c1CN1CCC[C@@H]1c1nccs1. The standard InChI is InChI=1S/C15H16F2N2OS/c1-20-13-5-4-11(16)14(17)10(13)9-19-7-2-3-12(19)15-18-6-8-21-15/h4-6,8,12H,2-3,7,9H2,1H3/t12-/m1/s1. The average Bonchev–Trinajstić information content (AvgIpc) is 3.15. The zero-order valence-corrected chi connectivity index (χ0v) is 12.5. The van der Waals surface area contributed by atoms with Gasteiger partial charge in [-0.05, 0) is 31.5 Å². The van der Waals surface area contributed by atoms with Crippen LogP contribution in [-0.2, 0) is 6.54 Å². The summed E-state index contributed by atoms with van der Waals surface area (Å²) in [5, 5.41) is 2.97. The van der Waals surface area contributed by atoms with Crippen LogP contribution < -0.4 is 4.74 Å². The van der Waals surface area contributed by atoms with Crippen LogP contribution in [0.5, 0.6) is 5.75 Å². The van der Waals surface area contributed by atoms with Crippen LogP contribution in [0, 0.1) is 11.6 Å². The van der Waals surface area contributed by atoms with E-state index >= 15 is 0 Å². The zero-order chi connectivity index (χ0) is 14.8. The van der Waals surface area contributed by atoms with Crippen molar-refractivity contribution in [2.75, 3.05) is 13.7 Å². The largest absolute Gasteiger partial charge is 0.496 e. The van der Waals surface area contributed by atoms with Gasteiger partial charge in [-0.15, -0.1) is 11.3 Å². The predicted octanol–water partition coefficient (Wildman–Crippen LogP) is 3.77. The molecule has 1 aliphatic heterocycles. The number of rotatable bonds is 4. The van der Waals surface area contributed by atoms with E-state index in [1.54, 1.807) is 17.5 Å². The lowest BCUT2D eigenvalue weighted by atomic mass is 10.1. The topological polar surface area (TPSA) is 25.4 Å². The van der Waals surface area contributed by atoms with Gasteiger partial charge in [0.1, 0.15) is 10.8 Å². The molecule has 2 heterocycles. The lowest BCUT2D eigenvalue weighted by Crippen LogP contribution is -2.23. The van der Waals surface area contributed by atoms with E-state index in [1.807, 2.05) is 5.38 Å². The molecular formula is C15H16F2N2OS. The van der Waals surface area contributed by atoms with E-state index in [4.69, 9.17) is 4.74 Å². The molecule has 1 fully saturated rings. The van der Waals surface area contributed by atoms with E-state index in [1.165, 1.54) is 13.2 Å². The van der Waals surface area contributed by atoms with Crippen molar-refractivity contribution in [3.8, 4) is 5.75 Å². The number of nitrogens with zero attached hydrogens (tertiary/aromatic N) is 2. The highest BCUT2D eigenvalue weighted by molar-refractivity contribution is 7.09. The van der Waals surface area contributed by atoms with Crippen LogP contribution in [0.25, 0.3) is 0 Å². The first kappa shape index (κ1) is 14.4. The molecule has 1 aromatic heterocycles. The fourth-order valence-electron chi connectivity index (χ4n) is 2.81. The second-order valence-electron chi connectivity index (χ2n) is 5.04. The molecule has 0 spiro atoms. The van der Waals surface area contributed by atoms with E-state index in [9.17, 15) is 8.78 Å². The summed E-state index contributed by atoms with van der Waals surface area (Å²) in [6.45, 7) is 1.18. The van der Waals surface area contributed by atoms with E-state index in [0.717, 1.165) is 30.5 Å². The zero-order valence-electron chi connectivity index (χ0n) is 11.7. The van der Waals surface area contributed by atoms with Gasteiger partial charge in [0.05, 0.1) is 13.2 Å². The smallest absolute Gasteiger partial charge is 0.167 e. The van der Waals surface area contributed by atoms with Crippen LogP contribution >= 0.6 is 11.3 Å². The molecule has 21 heavy (non-hydrogen) atoms. The van der Waals surface area contributed by atoms with Crippen LogP contribution in [0.1, 0.15) is 29.5 Å². The van der Waals surface area contributed by atoms with Gasteiger partial charge in [0.15, 0.2) is 11.6 Å². The van der Waals surface area contributed by atoms with Crippen LogP contribution in [0.3, 0.4) is 0 Å². The van der Waals surface area contributed by atoms with Crippen molar-refractivity contribution in [2.45, 2.75) is 25.4 Å². The number of hydrogen-bond donors (Lipinski definition) is 0. The lowest BCUT2D eigenvalue weighted by molar-refractivity contribution is 0.239. The summed E-state index contributed by atoms with van der Waals surface area (Å²) in [4.78, 5) is 6.49. The van der Waals surface area contributed by atoms with Gasteiger partial charge < -0.3 is 4.74 Å². The summed E-state index contributed by atoms with van der Waals surface area (Å²) in [7, 11) is 1.47. The third kappa shape index (κ3) is 2.78. The van der Waals surface area contributed by atoms with Gasteiger partial charge in [-0.3, -0.25) is 4.90 Å². The molecule has 3 rings (SSSR count). The summed E-state index contributed by atoms with van der Waals surface area (Å²) >= 11 is 1.60. The molecule has 3 nitrogen and oxygen atoms in total. The molecule has 1 saturated heterocycles. The fraction of sp³-hybridized carbons (Fsp3) is 0.400. The minimum absolute atomic E-state index is 0.178. The minimum atomic E-state index is -0.837. The van der Waals surface area contributed by atoms with Crippen molar-refractivity contribution in [3.05, 3.63) is 45.9 Å². The number of thiazole rings is 1. The maximum absolute atomic E-state index is 14.1. The van der Waals surface area contributed by atoms with Crippen LogP contribution in [-0.4, -0.2) is 23.5 Å². The number of halogens is 2. The first-order valence-electron chi connectivity index (χ1n) is 6.85. The first-order valence-corrected chi connectivity index (χ1v) is 7.73. The van der Waals surface area contributed by atoms with Crippen molar-refractivity contribution in [1.29, 1.82) is 0 Å². The Kier molecular flexibility index (Phi) is 4.17. The van der Waals surface area contributed by atoms with Crippen LogP contribution in [0.2, 0.25) is 0 Å². The fourth-order valence-corrected chi connectivity index (χ4v) is 3.62. The number of aromatic nitrogens is 1. The molecule has 1 atom stereocenters. The van der Waals surface area contributed by atoms with Crippen LogP contribution in [0.4, 0.5) is 8.78 Å². The van der Waals surface area contributed by atoms with Gasteiger partial charge in [0, 0.05) is 23.7 Å². The molecule has 0 unspecified atom stereocenters. The second kappa shape index (κ2) is 6.07. The maximum atomic E-state index is 14.1. The monoisotopic (exact) mass is 310 g/mol. The Labute approximate surface area is 126 Å². The molecule has 2 aromatic rings. The van der Waals surface area contributed by atoms with E-state index in [-0.39, 0.29) is 11.6 Å². The molecule has 0 radical (unpaired) electrons. The second-order valence-corrected chi connectivity index (χ2v) is 5.97. The van der Waals surface area contributed by atoms with Crippen LogP contribution in [0.15, 0.2) is 23.7 Å². The molecule has 6 heteroatoms. The Balaban J connectivity index is 1.88. The Morgan fingerprint density at radius 1 is 1.43 bits per heavy atom. The molecule has 0 amide bonds. The quantitative estimate of drug-likeness (QED) is 0.859. The highest BCUT2D eigenvalue weighted by atomic mass is 32.1. The van der Waals surface area contributed by atoms with Gasteiger partial charge in [-0.2, -0.15) is 0 Å². The van der Waals surface area contributed by atoms with Crippen molar-refractivity contribution < 1.29 is 13.5 Å². The molecular weight excluding hydrogens is 294 g/mol. The normalized spacial score (nSPS) is 19.1. The molecule has 0 aliphatic carbocycles. The third-order valence-electron chi connectivity index (χ3n) is 3.83. The predicted molar refractivity (Wildman–Crippen MR) is 77.4 cm³/mol. The van der Waals surface area contributed by atoms with E-state index in [0.29, 0.717) is 12.3 Å². The molecule has 1 aliphatic rings. The number of hydrogen-bond acceptors (Lipinski definition) is 4. The molecule has 1 aromatic carbocycles. The van der Waals surface area contributed by atoms with Crippen molar-refractivity contribution in [2.24, 2.45) is 0 Å². The first-order chi connectivity index (χ1) is 10.2. The number of ether oxygens (including phenoxy) is 1. The van der Waals surface area contributed by atoms with Gasteiger partial charge in [0.25, 0.3) is 0 Å². The minimum Gasteiger partial charge on any atom is -0.496 e. The summed E-state index contributed by atoms with van der Waals surface area (Å²) in [6, 6.07) is 2.75. The van der Waals surface area contributed by atoms with Crippen molar-refractivity contribution >= 4 is 11.3 Å². The van der Waals surface area contributed by atoms with Gasteiger partial charge in [0.2, 0.25) is 0 Å². The number of benzene rings is 1.